The third-order valence-electron chi connectivity index (χ3n) is 4.57. The van der Waals surface area contributed by atoms with Gasteiger partial charge in [-0.15, -0.1) is 0 Å². The van der Waals surface area contributed by atoms with E-state index in [0.29, 0.717) is 0 Å². The molecule has 1 aromatic carbocycles. The van der Waals surface area contributed by atoms with Crippen molar-refractivity contribution in [1.29, 1.82) is 0 Å². The van der Waals surface area contributed by atoms with Crippen LogP contribution in [0.1, 0.15) is 0 Å². The Labute approximate surface area is 131 Å². The number of ether oxygens (including phenoxy) is 2. The second-order valence-electron chi connectivity index (χ2n) is 5.94. The minimum absolute atomic E-state index is 0.811. The van der Waals surface area contributed by atoms with E-state index in [1.807, 2.05) is 0 Å². The summed E-state index contributed by atoms with van der Waals surface area (Å²) in [7, 11) is 0. The maximum absolute atomic E-state index is 5.52. The van der Waals surface area contributed by atoms with Crippen LogP contribution >= 0.6 is 0 Å². The lowest BCUT2D eigenvalue weighted by atomic mass is 10.1. The average molecular weight is 304 g/mol. The minimum atomic E-state index is 0.811. The quantitative estimate of drug-likeness (QED) is 0.856. The highest BCUT2D eigenvalue weighted by Crippen LogP contribution is 2.39. The van der Waals surface area contributed by atoms with Gasteiger partial charge in [0.2, 0.25) is 0 Å². The summed E-state index contributed by atoms with van der Waals surface area (Å²) in [6, 6.07) is 4.61. The molecule has 3 aliphatic rings. The number of benzene rings is 1. The SMILES string of the molecule is c1c2c(cc(N3CCOCC3)c1N1CCOCC1)NCCN2. The fourth-order valence-corrected chi connectivity index (χ4v) is 3.38. The van der Waals surface area contributed by atoms with Gasteiger partial charge in [0, 0.05) is 39.3 Å². The number of rotatable bonds is 2. The molecule has 0 radical (unpaired) electrons. The second-order valence-corrected chi connectivity index (χ2v) is 5.94. The zero-order valence-electron chi connectivity index (χ0n) is 12.9. The van der Waals surface area contributed by atoms with Crippen LogP contribution in [0.25, 0.3) is 0 Å². The molecule has 2 fully saturated rings. The van der Waals surface area contributed by atoms with Crippen molar-refractivity contribution in [3.05, 3.63) is 12.1 Å². The summed E-state index contributed by atoms with van der Waals surface area (Å²) in [6.45, 7) is 9.05. The van der Waals surface area contributed by atoms with Gasteiger partial charge in [0.15, 0.2) is 0 Å². The van der Waals surface area contributed by atoms with E-state index < -0.39 is 0 Å². The highest BCUT2D eigenvalue weighted by atomic mass is 16.5. The fourth-order valence-electron chi connectivity index (χ4n) is 3.38. The van der Waals surface area contributed by atoms with E-state index in [-0.39, 0.29) is 0 Å². The molecule has 2 saturated heterocycles. The van der Waals surface area contributed by atoms with Crippen LogP contribution in [0, 0.1) is 0 Å². The van der Waals surface area contributed by atoms with Gasteiger partial charge >= 0.3 is 0 Å². The molecule has 6 nitrogen and oxygen atoms in total. The molecule has 2 N–H and O–H groups in total. The topological polar surface area (TPSA) is 49.0 Å². The Morgan fingerprint density at radius 2 is 1.09 bits per heavy atom. The van der Waals surface area contributed by atoms with Crippen molar-refractivity contribution < 1.29 is 9.47 Å². The first-order valence-electron chi connectivity index (χ1n) is 8.23. The lowest BCUT2D eigenvalue weighted by molar-refractivity contribution is 0.121. The van der Waals surface area contributed by atoms with Crippen LogP contribution in [0.15, 0.2) is 12.1 Å². The number of nitrogens with zero attached hydrogens (tertiary/aromatic N) is 2. The van der Waals surface area contributed by atoms with Gasteiger partial charge in [-0.05, 0) is 12.1 Å². The third-order valence-corrected chi connectivity index (χ3v) is 4.57. The first-order chi connectivity index (χ1) is 10.9. The zero-order valence-corrected chi connectivity index (χ0v) is 12.9. The van der Waals surface area contributed by atoms with Crippen LogP contribution in [0.3, 0.4) is 0 Å². The second kappa shape index (κ2) is 6.22. The van der Waals surface area contributed by atoms with Crippen molar-refractivity contribution in [3.8, 4) is 0 Å². The smallest absolute Gasteiger partial charge is 0.0642 e. The molecule has 0 unspecified atom stereocenters. The predicted octanol–water partition coefficient (Wildman–Crippen LogP) is 1.20. The van der Waals surface area contributed by atoms with Crippen molar-refractivity contribution in [1.82, 2.24) is 0 Å². The molecule has 0 amide bonds. The largest absolute Gasteiger partial charge is 0.382 e. The molecule has 22 heavy (non-hydrogen) atoms. The van der Waals surface area contributed by atoms with E-state index in [4.69, 9.17) is 9.47 Å². The molecule has 6 heteroatoms. The summed E-state index contributed by atoms with van der Waals surface area (Å²) < 4.78 is 11.0. The molecular formula is C16H24N4O2. The molecular weight excluding hydrogens is 280 g/mol. The molecule has 4 rings (SSSR count). The number of fused-ring (bicyclic) bond motifs is 1. The molecule has 0 aliphatic carbocycles. The molecule has 0 aromatic heterocycles. The number of anilines is 4. The van der Waals surface area contributed by atoms with Gasteiger partial charge in [-0.1, -0.05) is 0 Å². The Hall–Kier alpha value is -1.66. The Balaban J connectivity index is 1.71. The van der Waals surface area contributed by atoms with Crippen LogP contribution in [0.4, 0.5) is 22.7 Å². The standard InChI is InChI=1S/C16H24N4O2/c1-2-18-14-12-16(20-5-9-22-10-6-20)15(11-13(14)17-1)19-3-7-21-8-4-19/h11-12,17-18H,1-10H2. The Bertz CT molecular complexity index is 478. The van der Waals surface area contributed by atoms with Crippen LogP contribution in [0.5, 0.6) is 0 Å². The monoisotopic (exact) mass is 304 g/mol. The molecule has 0 spiro atoms. The first kappa shape index (κ1) is 14.0. The summed E-state index contributed by atoms with van der Waals surface area (Å²) >= 11 is 0. The van der Waals surface area contributed by atoms with Crippen molar-refractivity contribution >= 4 is 22.7 Å². The molecule has 0 atom stereocenters. The summed E-state index contributed by atoms with van der Waals surface area (Å²) in [5.74, 6) is 0. The first-order valence-corrected chi connectivity index (χ1v) is 8.23. The van der Waals surface area contributed by atoms with E-state index >= 15 is 0 Å². The Kier molecular flexibility index (Phi) is 3.95. The van der Waals surface area contributed by atoms with Crippen molar-refractivity contribution in [2.75, 3.05) is 86.1 Å². The van der Waals surface area contributed by atoms with E-state index in [0.717, 1.165) is 65.7 Å². The number of morpholine rings is 2. The zero-order chi connectivity index (χ0) is 14.8. The molecule has 3 heterocycles. The van der Waals surface area contributed by atoms with Gasteiger partial charge in [0.05, 0.1) is 49.2 Å². The summed E-state index contributed by atoms with van der Waals surface area (Å²) in [4.78, 5) is 4.90. The van der Waals surface area contributed by atoms with Gasteiger partial charge in [0.25, 0.3) is 0 Å². The van der Waals surface area contributed by atoms with Crippen LogP contribution < -0.4 is 20.4 Å². The molecule has 0 saturated carbocycles. The molecule has 3 aliphatic heterocycles. The van der Waals surface area contributed by atoms with Crippen LogP contribution in [-0.2, 0) is 9.47 Å². The van der Waals surface area contributed by atoms with Crippen LogP contribution in [-0.4, -0.2) is 65.7 Å². The number of nitrogens with one attached hydrogen (secondary N) is 2. The van der Waals surface area contributed by atoms with E-state index in [1.165, 1.54) is 22.7 Å². The van der Waals surface area contributed by atoms with Gasteiger partial charge in [-0.25, -0.2) is 0 Å². The summed E-state index contributed by atoms with van der Waals surface area (Å²) in [5.41, 5.74) is 5.06. The molecule has 0 bridgehead atoms. The van der Waals surface area contributed by atoms with Crippen LogP contribution in [0.2, 0.25) is 0 Å². The molecule has 1 aromatic rings. The maximum Gasteiger partial charge on any atom is 0.0642 e. The Morgan fingerprint density at radius 1 is 0.682 bits per heavy atom. The minimum Gasteiger partial charge on any atom is -0.382 e. The maximum atomic E-state index is 5.52. The van der Waals surface area contributed by atoms with Crippen molar-refractivity contribution in [2.24, 2.45) is 0 Å². The normalized spacial score (nSPS) is 21.8. The highest BCUT2D eigenvalue weighted by Gasteiger charge is 2.23. The Morgan fingerprint density at radius 3 is 1.50 bits per heavy atom. The number of hydrogen-bond donors (Lipinski definition) is 2. The van der Waals surface area contributed by atoms with Gasteiger partial charge < -0.3 is 29.9 Å². The fraction of sp³-hybridized carbons (Fsp3) is 0.625. The van der Waals surface area contributed by atoms with Gasteiger partial charge in [-0.2, -0.15) is 0 Å². The number of hydrogen-bond acceptors (Lipinski definition) is 6. The van der Waals surface area contributed by atoms with E-state index in [1.54, 1.807) is 0 Å². The van der Waals surface area contributed by atoms with E-state index in [9.17, 15) is 0 Å². The predicted molar refractivity (Wildman–Crippen MR) is 89.5 cm³/mol. The highest BCUT2D eigenvalue weighted by molar-refractivity contribution is 5.86. The third kappa shape index (κ3) is 2.68. The average Bonchev–Trinajstić information content (AvgIpc) is 2.62. The van der Waals surface area contributed by atoms with E-state index in [2.05, 4.69) is 32.6 Å². The lowest BCUT2D eigenvalue weighted by Gasteiger charge is -2.37. The van der Waals surface area contributed by atoms with Crippen molar-refractivity contribution in [3.63, 3.8) is 0 Å². The summed E-state index contributed by atoms with van der Waals surface area (Å²) in [5, 5.41) is 7.02. The van der Waals surface area contributed by atoms with Gasteiger partial charge in [-0.3, -0.25) is 0 Å². The molecule has 120 valence electrons. The van der Waals surface area contributed by atoms with Crippen molar-refractivity contribution in [2.45, 2.75) is 0 Å². The van der Waals surface area contributed by atoms with Gasteiger partial charge in [0.1, 0.15) is 0 Å². The lowest BCUT2D eigenvalue weighted by Crippen LogP contribution is -2.40. The summed E-state index contributed by atoms with van der Waals surface area (Å²) in [6.07, 6.45) is 0.